The minimum Gasteiger partial charge on any atom is -0.332 e. The van der Waals surface area contributed by atoms with Gasteiger partial charge >= 0.3 is 0 Å². The Bertz CT molecular complexity index is 795. The van der Waals surface area contributed by atoms with E-state index in [0.717, 1.165) is 24.4 Å². The number of nitrogens with zero attached hydrogens (tertiary/aromatic N) is 5. The van der Waals surface area contributed by atoms with Crippen LogP contribution in [-0.4, -0.2) is 25.1 Å². The molecule has 0 unspecified atom stereocenters. The van der Waals surface area contributed by atoms with Crippen LogP contribution in [0.2, 0.25) is 0 Å². The van der Waals surface area contributed by atoms with E-state index in [9.17, 15) is 0 Å². The zero-order valence-corrected chi connectivity index (χ0v) is 12.2. The topological polar surface area (TPSA) is 77.6 Å². The molecule has 6 nitrogen and oxygen atoms in total. The monoisotopic (exact) mass is 293 g/mol. The zero-order valence-electron chi connectivity index (χ0n) is 12.2. The molecular formula is C16H15N5O. The highest BCUT2D eigenvalue weighted by Gasteiger charge is 2.44. The Hall–Kier alpha value is -2.63. The molecular weight excluding hydrogens is 278 g/mol. The number of rotatable bonds is 3. The summed E-state index contributed by atoms with van der Waals surface area (Å²) in [6.45, 7) is 1.91. The highest BCUT2D eigenvalue weighted by Crippen LogP contribution is 2.47. The van der Waals surface area contributed by atoms with Crippen LogP contribution in [0.3, 0.4) is 0 Å². The highest BCUT2D eigenvalue weighted by atomic mass is 16.5. The van der Waals surface area contributed by atoms with E-state index in [-0.39, 0.29) is 5.41 Å². The average molecular weight is 293 g/mol. The largest absolute Gasteiger partial charge is 0.332 e. The number of pyridine rings is 1. The molecule has 0 atom stereocenters. The third-order valence-electron chi connectivity index (χ3n) is 4.32. The van der Waals surface area contributed by atoms with E-state index < -0.39 is 0 Å². The van der Waals surface area contributed by atoms with Crippen molar-refractivity contribution in [3.05, 3.63) is 54.0 Å². The van der Waals surface area contributed by atoms with Crippen molar-refractivity contribution >= 4 is 0 Å². The first-order valence-electron chi connectivity index (χ1n) is 7.32. The summed E-state index contributed by atoms with van der Waals surface area (Å²) in [5.41, 5.74) is 2.58. The summed E-state index contributed by atoms with van der Waals surface area (Å²) in [4.78, 5) is 17.0. The van der Waals surface area contributed by atoms with Gasteiger partial charge in [-0.1, -0.05) is 11.6 Å². The van der Waals surface area contributed by atoms with Gasteiger partial charge in [-0.05, 0) is 43.5 Å². The van der Waals surface area contributed by atoms with Gasteiger partial charge in [-0.15, -0.1) is 0 Å². The van der Waals surface area contributed by atoms with Gasteiger partial charge in [-0.25, -0.2) is 9.97 Å². The summed E-state index contributed by atoms with van der Waals surface area (Å²) in [7, 11) is 0. The van der Waals surface area contributed by atoms with Crippen LogP contribution in [0.5, 0.6) is 0 Å². The Balaban J connectivity index is 1.74. The van der Waals surface area contributed by atoms with E-state index in [4.69, 9.17) is 4.52 Å². The van der Waals surface area contributed by atoms with E-state index in [1.807, 2.05) is 37.5 Å². The van der Waals surface area contributed by atoms with Crippen LogP contribution >= 0.6 is 0 Å². The summed E-state index contributed by atoms with van der Waals surface area (Å²) in [6, 6.07) is 5.91. The Morgan fingerprint density at radius 3 is 2.64 bits per heavy atom. The molecule has 1 saturated carbocycles. The smallest absolute Gasteiger partial charge is 0.276 e. The molecule has 0 saturated heterocycles. The van der Waals surface area contributed by atoms with Gasteiger partial charge in [0.1, 0.15) is 12.0 Å². The third kappa shape index (κ3) is 1.99. The Labute approximate surface area is 127 Å². The second kappa shape index (κ2) is 4.98. The van der Waals surface area contributed by atoms with Crippen LogP contribution in [0.25, 0.3) is 11.6 Å². The van der Waals surface area contributed by atoms with Gasteiger partial charge < -0.3 is 4.52 Å². The number of hydrogen-bond donors (Lipinski definition) is 0. The molecule has 6 heteroatoms. The molecule has 1 fully saturated rings. The molecule has 0 radical (unpaired) electrons. The number of aryl methyl sites for hydroxylation is 1. The lowest BCUT2D eigenvalue weighted by Crippen LogP contribution is -2.36. The zero-order chi connectivity index (χ0) is 15.0. The molecule has 4 rings (SSSR count). The second-order valence-corrected chi connectivity index (χ2v) is 5.64. The van der Waals surface area contributed by atoms with Gasteiger partial charge in [0.2, 0.25) is 0 Å². The maximum atomic E-state index is 5.44. The van der Waals surface area contributed by atoms with Crippen molar-refractivity contribution in [1.29, 1.82) is 0 Å². The molecule has 3 aromatic heterocycles. The summed E-state index contributed by atoms with van der Waals surface area (Å²) in [6.07, 6.45) is 8.35. The van der Waals surface area contributed by atoms with Crippen molar-refractivity contribution in [3.8, 4) is 11.6 Å². The third-order valence-corrected chi connectivity index (χ3v) is 4.32. The Morgan fingerprint density at radius 2 is 1.95 bits per heavy atom. The van der Waals surface area contributed by atoms with Gasteiger partial charge in [0.25, 0.3) is 5.89 Å². The van der Waals surface area contributed by atoms with Crippen molar-refractivity contribution in [1.82, 2.24) is 25.1 Å². The van der Waals surface area contributed by atoms with Gasteiger partial charge in [0.05, 0.1) is 5.41 Å². The first-order chi connectivity index (χ1) is 10.8. The normalized spacial score (nSPS) is 16.2. The van der Waals surface area contributed by atoms with Crippen molar-refractivity contribution in [2.75, 3.05) is 0 Å². The highest BCUT2D eigenvalue weighted by molar-refractivity contribution is 5.47. The first kappa shape index (κ1) is 13.1. The van der Waals surface area contributed by atoms with Crippen LogP contribution in [0.1, 0.15) is 36.3 Å². The standard InChI is InChI=1S/C16H15N5O/c1-11-9-13(19-10-18-11)14-20-15(21-22-14)16(5-2-6-16)12-3-7-17-8-4-12/h3-4,7-10H,2,5-6H2,1H3. The number of hydrogen-bond acceptors (Lipinski definition) is 6. The molecule has 110 valence electrons. The maximum Gasteiger partial charge on any atom is 0.276 e. The van der Waals surface area contributed by atoms with E-state index in [0.29, 0.717) is 11.6 Å². The fourth-order valence-electron chi connectivity index (χ4n) is 2.94. The molecule has 22 heavy (non-hydrogen) atoms. The Kier molecular flexibility index (Phi) is 2.96. The summed E-state index contributed by atoms with van der Waals surface area (Å²) in [5, 5.41) is 4.23. The molecule has 1 aliphatic rings. The summed E-state index contributed by atoms with van der Waals surface area (Å²) >= 11 is 0. The molecule has 3 aromatic rings. The van der Waals surface area contributed by atoms with E-state index in [2.05, 4.69) is 25.1 Å². The van der Waals surface area contributed by atoms with Gasteiger partial charge in [0, 0.05) is 18.1 Å². The molecule has 0 spiro atoms. The number of aromatic nitrogens is 5. The predicted molar refractivity (Wildman–Crippen MR) is 78.9 cm³/mol. The molecule has 0 amide bonds. The van der Waals surface area contributed by atoms with Crippen molar-refractivity contribution < 1.29 is 4.52 Å². The fraction of sp³-hybridized carbons (Fsp3) is 0.312. The molecule has 0 bridgehead atoms. The van der Waals surface area contributed by atoms with Crippen LogP contribution in [-0.2, 0) is 5.41 Å². The lowest BCUT2D eigenvalue weighted by atomic mass is 9.64. The Morgan fingerprint density at radius 1 is 1.14 bits per heavy atom. The van der Waals surface area contributed by atoms with Crippen LogP contribution < -0.4 is 0 Å². The van der Waals surface area contributed by atoms with Crippen LogP contribution in [0.4, 0.5) is 0 Å². The van der Waals surface area contributed by atoms with Crippen molar-refractivity contribution in [3.63, 3.8) is 0 Å². The van der Waals surface area contributed by atoms with Crippen LogP contribution in [0, 0.1) is 6.92 Å². The van der Waals surface area contributed by atoms with Gasteiger partial charge in [0.15, 0.2) is 5.82 Å². The maximum absolute atomic E-state index is 5.44. The molecule has 0 N–H and O–H groups in total. The second-order valence-electron chi connectivity index (χ2n) is 5.64. The minimum atomic E-state index is -0.146. The first-order valence-corrected chi connectivity index (χ1v) is 7.32. The average Bonchev–Trinajstić information content (AvgIpc) is 2.97. The van der Waals surface area contributed by atoms with Gasteiger partial charge in [-0.2, -0.15) is 4.98 Å². The van der Waals surface area contributed by atoms with E-state index in [1.54, 1.807) is 0 Å². The molecule has 0 aliphatic heterocycles. The lowest BCUT2D eigenvalue weighted by molar-refractivity contribution is 0.272. The van der Waals surface area contributed by atoms with E-state index in [1.165, 1.54) is 18.3 Å². The predicted octanol–water partition coefficient (Wildman–Crippen LogP) is 2.70. The van der Waals surface area contributed by atoms with Crippen LogP contribution in [0.15, 0.2) is 41.4 Å². The van der Waals surface area contributed by atoms with Gasteiger partial charge in [-0.3, -0.25) is 4.98 Å². The molecule has 3 heterocycles. The SMILES string of the molecule is Cc1cc(-c2nc(C3(c4ccncc4)CCC3)no2)ncn1. The fourth-order valence-corrected chi connectivity index (χ4v) is 2.94. The summed E-state index contributed by atoms with van der Waals surface area (Å²) < 4.78 is 5.44. The quantitative estimate of drug-likeness (QED) is 0.739. The minimum absolute atomic E-state index is 0.146. The van der Waals surface area contributed by atoms with Crippen molar-refractivity contribution in [2.45, 2.75) is 31.6 Å². The van der Waals surface area contributed by atoms with E-state index >= 15 is 0 Å². The van der Waals surface area contributed by atoms with Crippen molar-refractivity contribution in [2.24, 2.45) is 0 Å². The lowest BCUT2D eigenvalue weighted by Gasteiger charge is -2.39. The molecule has 1 aliphatic carbocycles. The molecule has 0 aromatic carbocycles. The summed E-state index contributed by atoms with van der Waals surface area (Å²) in [5.74, 6) is 1.18.